The quantitative estimate of drug-likeness (QED) is 0.467. The summed E-state index contributed by atoms with van der Waals surface area (Å²) in [6.45, 7) is 11.0. The van der Waals surface area contributed by atoms with Crippen molar-refractivity contribution in [2.45, 2.75) is 109 Å². The minimum atomic E-state index is -0.742. The molecule has 3 saturated carbocycles. The summed E-state index contributed by atoms with van der Waals surface area (Å²) in [5.41, 5.74) is -1.23. The summed E-state index contributed by atoms with van der Waals surface area (Å²) in [6.07, 6.45) is 16.9. The smallest absolute Gasteiger partial charge is 0.130 e. The van der Waals surface area contributed by atoms with E-state index in [-0.39, 0.29) is 22.5 Å². The molecule has 2 heterocycles. The predicted octanol–water partition coefficient (Wildman–Crippen LogP) is 5.34. The molecule has 0 amide bonds. The molecule has 2 bridgehead atoms. The lowest BCUT2D eigenvalue weighted by molar-refractivity contribution is -0.497. The first kappa shape index (κ1) is 22.1. The zero-order chi connectivity index (χ0) is 22.3. The second-order valence-electron chi connectivity index (χ2n) is 12.7. The summed E-state index contributed by atoms with van der Waals surface area (Å²) in [5.74, 6) is 2.18. The van der Waals surface area contributed by atoms with E-state index in [1.54, 1.807) is 0 Å². The fraction of sp³-hybridized carbons (Fsp3) is 0.852. The first-order valence-corrected chi connectivity index (χ1v) is 12.6. The van der Waals surface area contributed by atoms with Crippen LogP contribution in [-0.2, 0) is 9.78 Å². The molecule has 2 N–H and O–H groups in total. The molecule has 6 rings (SSSR count). The van der Waals surface area contributed by atoms with E-state index in [0.717, 1.165) is 19.3 Å². The van der Waals surface area contributed by atoms with Crippen LogP contribution in [0.1, 0.15) is 86.0 Å². The van der Waals surface area contributed by atoms with E-state index in [1.165, 1.54) is 25.7 Å². The van der Waals surface area contributed by atoms with Crippen LogP contribution in [0.5, 0.6) is 0 Å². The van der Waals surface area contributed by atoms with Crippen LogP contribution in [0.2, 0.25) is 0 Å². The van der Waals surface area contributed by atoms with Crippen molar-refractivity contribution in [2.75, 3.05) is 0 Å². The molecule has 4 aliphatic carbocycles. The molecule has 4 heteroatoms. The van der Waals surface area contributed by atoms with E-state index >= 15 is 0 Å². The molecule has 6 aliphatic rings. The maximum atomic E-state index is 10.4. The Morgan fingerprint density at radius 1 is 1.06 bits per heavy atom. The molecule has 1 saturated heterocycles. The minimum Gasteiger partial charge on any atom is -0.393 e. The van der Waals surface area contributed by atoms with Crippen molar-refractivity contribution >= 4 is 0 Å². The Bertz CT molecular complexity index is 783. The van der Waals surface area contributed by atoms with Crippen LogP contribution in [0.25, 0.3) is 0 Å². The van der Waals surface area contributed by atoms with Crippen LogP contribution in [0.15, 0.2) is 24.3 Å². The van der Waals surface area contributed by atoms with Crippen LogP contribution >= 0.6 is 0 Å². The summed E-state index contributed by atoms with van der Waals surface area (Å²) in [4.78, 5) is 12.7. The summed E-state index contributed by atoms with van der Waals surface area (Å²) in [7, 11) is 0. The second-order valence-corrected chi connectivity index (χ2v) is 12.7. The van der Waals surface area contributed by atoms with Crippen LogP contribution in [0.3, 0.4) is 0 Å². The van der Waals surface area contributed by atoms with E-state index in [2.05, 4.69) is 39.0 Å². The van der Waals surface area contributed by atoms with Gasteiger partial charge < -0.3 is 10.2 Å². The molecular weight excluding hydrogens is 388 g/mol. The lowest BCUT2D eigenvalue weighted by atomic mass is 9.42. The lowest BCUT2D eigenvalue weighted by Crippen LogP contribution is -2.73. The Kier molecular flexibility index (Phi) is 4.94. The number of hydrogen-bond acceptors (Lipinski definition) is 4. The van der Waals surface area contributed by atoms with Gasteiger partial charge in [-0.15, -0.1) is 0 Å². The van der Waals surface area contributed by atoms with Gasteiger partial charge in [0.2, 0.25) is 0 Å². The largest absolute Gasteiger partial charge is 0.393 e. The van der Waals surface area contributed by atoms with Gasteiger partial charge in [0.1, 0.15) is 11.2 Å². The standard InChI is InChI=1S/C27H42O4/c1-18(7-6-12-23(2,3)29)20-8-9-21-24(20,4)13-11-22-25(5)14-10-19(28)17-26(25)15-16-27(21,22)31-30-26/h6,12,15-16,18-22,28-29H,7-11,13-14,17H2,1-5H3. The Morgan fingerprint density at radius 2 is 1.84 bits per heavy atom. The average molecular weight is 431 g/mol. The second kappa shape index (κ2) is 6.91. The van der Waals surface area contributed by atoms with Crippen LogP contribution in [0, 0.1) is 34.5 Å². The number of hydrogen-bond donors (Lipinski definition) is 2. The van der Waals surface area contributed by atoms with Crippen molar-refractivity contribution in [1.29, 1.82) is 0 Å². The molecule has 9 atom stereocenters. The van der Waals surface area contributed by atoms with Gasteiger partial charge in [-0.05, 0) is 82.1 Å². The fourth-order valence-electron chi connectivity index (χ4n) is 8.81. The van der Waals surface area contributed by atoms with Gasteiger partial charge in [0.25, 0.3) is 0 Å². The van der Waals surface area contributed by atoms with Crippen molar-refractivity contribution in [1.82, 2.24) is 0 Å². The Balaban J connectivity index is 1.43. The highest BCUT2D eigenvalue weighted by atomic mass is 17.2. The van der Waals surface area contributed by atoms with Gasteiger partial charge in [-0.3, -0.25) is 0 Å². The Hall–Kier alpha value is -0.680. The third-order valence-corrected chi connectivity index (χ3v) is 10.4. The SMILES string of the molecule is CC(CC=CC(C)(C)O)C1CCC2C1(C)CCC1C23C=CC2(CC(O)CCC12C)OO3. The van der Waals surface area contributed by atoms with Gasteiger partial charge in [-0.25, -0.2) is 9.78 Å². The Labute approximate surface area is 188 Å². The van der Waals surface area contributed by atoms with Gasteiger partial charge in [0.15, 0.2) is 0 Å². The van der Waals surface area contributed by atoms with Crippen LogP contribution in [-0.4, -0.2) is 33.1 Å². The van der Waals surface area contributed by atoms with Crippen molar-refractivity contribution < 1.29 is 20.0 Å². The highest BCUT2D eigenvalue weighted by molar-refractivity contribution is 5.33. The number of aliphatic hydroxyl groups is 2. The summed E-state index contributed by atoms with van der Waals surface area (Å²) in [5, 5.41) is 20.4. The normalized spacial score (nSPS) is 52.1. The predicted molar refractivity (Wildman–Crippen MR) is 121 cm³/mol. The molecule has 0 radical (unpaired) electrons. The minimum absolute atomic E-state index is 0.0414. The average Bonchev–Trinajstić information content (AvgIpc) is 3.05. The first-order valence-electron chi connectivity index (χ1n) is 12.6. The van der Waals surface area contributed by atoms with Gasteiger partial charge in [0, 0.05) is 23.7 Å². The van der Waals surface area contributed by atoms with Crippen molar-refractivity contribution in [3.8, 4) is 0 Å². The molecule has 0 aromatic carbocycles. The molecule has 2 aliphatic heterocycles. The fourth-order valence-corrected chi connectivity index (χ4v) is 8.81. The van der Waals surface area contributed by atoms with Crippen LogP contribution in [0.4, 0.5) is 0 Å². The number of aliphatic hydroxyl groups excluding tert-OH is 1. The summed E-state index contributed by atoms with van der Waals surface area (Å²) < 4.78 is 0. The third-order valence-electron chi connectivity index (χ3n) is 10.4. The zero-order valence-corrected chi connectivity index (χ0v) is 20.1. The van der Waals surface area contributed by atoms with E-state index in [1.807, 2.05) is 19.9 Å². The van der Waals surface area contributed by atoms with Crippen molar-refractivity contribution in [3.63, 3.8) is 0 Å². The monoisotopic (exact) mass is 430 g/mol. The molecule has 4 fully saturated rings. The summed E-state index contributed by atoms with van der Waals surface area (Å²) >= 11 is 0. The van der Waals surface area contributed by atoms with Crippen LogP contribution < -0.4 is 0 Å². The number of fused-ring (bicyclic) bond motifs is 2. The highest BCUT2D eigenvalue weighted by Crippen LogP contribution is 2.72. The molecule has 2 spiro atoms. The lowest BCUT2D eigenvalue weighted by Gasteiger charge is -2.69. The molecule has 0 aromatic heterocycles. The molecule has 4 nitrogen and oxygen atoms in total. The maximum Gasteiger partial charge on any atom is 0.130 e. The number of rotatable bonds is 4. The van der Waals surface area contributed by atoms with Gasteiger partial charge in [0.05, 0.1) is 11.7 Å². The molecule has 9 unspecified atom stereocenters. The molecule has 174 valence electrons. The van der Waals surface area contributed by atoms with Crippen molar-refractivity contribution in [2.24, 2.45) is 34.5 Å². The highest BCUT2D eigenvalue weighted by Gasteiger charge is 2.74. The maximum absolute atomic E-state index is 10.4. The van der Waals surface area contributed by atoms with E-state index < -0.39 is 11.2 Å². The molecule has 31 heavy (non-hydrogen) atoms. The van der Waals surface area contributed by atoms with E-state index in [4.69, 9.17) is 9.78 Å². The summed E-state index contributed by atoms with van der Waals surface area (Å²) in [6, 6.07) is 0. The Morgan fingerprint density at radius 3 is 2.52 bits per heavy atom. The van der Waals surface area contributed by atoms with E-state index in [9.17, 15) is 10.2 Å². The third kappa shape index (κ3) is 3.01. The van der Waals surface area contributed by atoms with Gasteiger partial charge in [-0.1, -0.05) is 39.0 Å². The topological polar surface area (TPSA) is 58.9 Å². The first-order chi connectivity index (χ1) is 14.5. The van der Waals surface area contributed by atoms with Crippen molar-refractivity contribution in [3.05, 3.63) is 24.3 Å². The number of allylic oxidation sites excluding steroid dienone is 1. The van der Waals surface area contributed by atoms with Gasteiger partial charge >= 0.3 is 0 Å². The molecule has 0 aromatic rings. The van der Waals surface area contributed by atoms with E-state index in [0.29, 0.717) is 30.1 Å². The molecular formula is C27H42O4. The zero-order valence-electron chi connectivity index (χ0n) is 20.1. The van der Waals surface area contributed by atoms with Gasteiger partial charge in [-0.2, -0.15) is 0 Å².